The number of para-hydroxylation sites is 1. The largest absolute Gasteiger partial charge is 0.458 e. The van der Waals surface area contributed by atoms with Gasteiger partial charge in [0, 0.05) is 41.7 Å². The minimum Gasteiger partial charge on any atom is -0.458 e. The van der Waals surface area contributed by atoms with Crippen LogP contribution in [0.15, 0.2) is 40.3 Å². The lowest BCUT2D eigenvalue weighted by molar-refractivity contribution is -0.172. The lowest BCUT2D eigenvalue weighted by Crippen LogP contribution is -2.44. The zero-order valence-corrected chi connectivity index (χ0v) is 20.6. The van der Waals surface area contributed by atoms with E-state index < -0.39 is 11.6 Å². The Bertz CT molecular complexity index is 1480. The third-order valence-electron chi connectivity index (χ3n) is 7.44. The summed E-state index contributed by atoms with van der Waals surface area (Å²) < 4.78 is 12.1. The average Bonchev–Trinajstić information content (AvgIpc) is 3.28. The van der Waals surface area contributed by atoms with E-state index in [1.807, 2.05) is 24.3 Å². The Morgan fingerprint density at radius 2 is 2.08 bits per heavy atom. The van der Waals surface area contributed by atoms with Crippen LogP contribution in [0.1, 0.15) is 35.6 Å². The number of cyclic esters (lactones) is 1. The molecule has 192 valence electrons. The van der Waals surface area contributed by atoms with E-state index in [1.165, 1.54) is 0 Å². The summed E-state index contributed by atoms with van der Waals surface area (Å²) in [5.41, 5.74) is 2.14. The lowest BCUT2D eigenvalue weighted by Gasteiger charge is -2.31. The molecule has 0 radical (unpaired) electrons. The second-order valence-corrected chi connectivity index (χ2v) is 9.54. The predicted octanol–water partition coefficient (Wildman–Crippen LogP) is 1.76. The Balaban J connectivity index is 1.32. The Hall–Kier alpha value is -3.60. The predicted molar refractivity (Wildman–Crippen MR) is 135 cm³/mol. The summed E-state index contributed by atoms with van der Waals surface area (Å²) in [5, 5.41) is 16.1. The van der Waals surface area contributed by atoms with Crippen LogP contribution in [0.5, 0.6) is 0 Å². The van der Waals surface area contributed by atoms with Crippen LogP contribution in [0.2, 0.25) is 0 Å². The van der Waals surface area contributed by atoms with E-state index >= 15 is 0 Å². The Morgan fingerprint density at radius 3 is 2.89 bits per heavy atom. The summed E-state index contributed by atoms with van der Waals surface area (Å²) in [6.45, 7) is 6.46. The van der Waals surface area contributed by atoms with Crippen molar-refractivity contribution in [3.8, 4) is 11.4 Å². The van der Waals surface area contributed by atoms with Crippen LogP contribution in [0.4, 0.5) is 0 Å². The van der Waals surface area contributed by atoms with E-state index in [1.54, 1.807) is 23.8 Å². The summed E-state index contributed by atoms with van der Waals surface area (Å²) in [6.07, 6.45) is 1.76. The van der Waals surface area contributed by atoms with Crippen molar-refractivity contribution in [3.63, 3.8) is 0 Å². The Labute approximate surface area is 213 Å². The SMILES string of the molecule is CC[C@@]1(O)C(=O)OCc2c1cc1n(c2=O)Cc2cc3cccc(/C=N/OCCN4CCOCC4)c3nc2-1. The minimum absolute atomic E-state index is 0.103. The van der Waals surface area contributed by atoms with Gasteiger partial charge in [-0.05, 0) is 18.6 Å². The number of carbonyl (C=O) groups is 1. The van der Waals surface area contributed by atoms with Gasteiger partial charge in [0.25, 0.3) is 5.56 Å². The van der Waals surface area contributed by atoms with Crippen molar-refractivity contribution in [2.45, 2.75) is 32.1 Å². The van der Waals surface area contributed by atoms with Crippen molar-refractivity contribution in [2.24, 2.45) is 5.16 Å². The highest BCUT2D eigenvalue weighted by Crippen LogP contribution is 2.38. The molecular formula is C27H28N4O6. The van der Waals surface area contributed by atoms with Crippen LogP contribution in [0.25, 0.3) is 22.3 Å². The van der Waals surface area contributed by atoms with E-state index in [2.05, 4.69) is 10.1 Å². The average molecular weight is 505 g/mol. The van der Waals surface area contributed by atoms with E-state index in [0.717, 1.165) is 54.9 Å². The number of esters is 1. The number of hydrogen-bond acceptors (Lipinski definition) is 9. The van der Waals surface area contributed by atoms with Crippen LogP contribution >= 0.6 is 0 Å². The molecule has 0 unspecified atom stereocenters. The summed E-state index contributed by atoms with van der Waals surface area (Å²) in [4.78, 5) is 38.4. The van der Waals surface area contributed by atoms with Crippen molar-refractivity contribution >= 4 is 23.1 Å². The smallest absolute Gasteiger partial charge is 0.343 e. The van der Waals surface area contributed by atoms with Gasteiger partial charge in [0.1, 0.15) is 13.2 Å². The number of nitrogens with zero attached hydrogens (tertiary/aromatic N) is 4. The molecule has 1 saturated heterocycles. The molecule has 1 aromatic carbocycles. The van der Waals surface area contributed by atoms with Crippen LogP contribution in [-0.2, 0) is 37.9 Å². The van der Waals surface area contributed by atoms with Gasteiger partial charge in [-0.15, -0.1) is 0 Å². The Morgan fingerprint density at radius 1 is 1.24 bits per heavy atom. The summed E-state index contributed by atoms with van der Waals surface area (Å²) in [7, 11) is 0. The second kappa shape index (κ2) is 9.37. The number of pyridine rings is 2. The van der Waals surface area contributed by atoms with Gasteiger partial charge in [0.15, 0.2) is 5.60 Å². The molecule has 2 aromatic heterocycles. The first-order chi connectivity index (χ1) is 18.0. The van der Waals surface area contributed by atoms with E-state index in [0.29, 0.717) is 35.7 Å². The zero-order valence-electron chi connectivity index (χ0n) is 20.6. The van der Waals surface area contributed by atoms with Gasteiger partial charge < -0.3 is 24.0 Å². The van der Waals surface area contributed by atoms with Gasteiger partial charge in [0.05, 0.1) is 48.4 Å². The molecule has 1 atom stereocenters. The maximum Gasteiger partial charge on any atom is 0.343 e. The van der Waals surface area contributed by atoms with Crippen LogP contribution < -0.4 is 5.56 Å². The molecule has 10 heteroatoms. The van der Waals surface area contributed by atoms with E-state index in [9.17, 15) is 14.7 Å². The highest BCUT2D eigenvalue weighted by Gasteiger charge is 2.45. The molecule has 37 heavy (non-hydrogen) atoms. The molecule has 1 fully saturated rings. The molecule has 10 nitrogen and oxygen atoms in total. The molecule has 1 N–H and O–H groups in total. The number of rotatable bonds is 6. The number of benzene rings is 1. The van der Waals surface area contributed by atoms with Gasteiger partial charge in [-0.1, -0.05) is 30.3 Å². The fourth-order valence-corrected chi connectivity index (χ4v) is 5.28. The van der Waals surface area contributed by atoms with Crippen molar-refractivity contribution < 1.29 is 24.2 Å². The molecule has 3 aliphatic heterocycles. The molecule has 5 heterocycles. The van der Waals surface area contributed by atoms with Crippen LogP contribution in [0.3, 0.4) is 0 Å². The van der Waals surface area contributed by atoms with Gasteiger partial charge in [-0.25, -0.2) is 9.78 Å². The second-order valence-electron chi connectivity index (χ2n) is 9.54. The van der Waals surface area contributed by atoms with Gasteiger partial charge >= 0.3 is 5.97 Å². The van der Waals surface area contributed by atoms with Crippen molar-refractivity contribution in [3.05, 3.63) is 62.9 Å². The number of ether oxygens (including phenoxy) is 2. The summed E-state index contributed by atoms with van der Waals surface area (Å²) in [5.74, 6) is -0.733. The van der Waals surface area contributed by atoms with Gasteiger partial charge in [0.2, 0.25) is 0 Å². The van der Waals surface area contributed by atoms with Crippen LogP contribution in [0, 0.1) is 0 Å². The first kappa shape index (κ1) is 23.8. The minimum atomic E-state index is -1.85. The maximum atomic E-state index is 13.3. The monoisotopic (exact) mass is 504 g/mol. The number of hydrogen-bond donors (Lipinski definition) is 1. The maximum absolute atomic E-state index is 13.3. The van der Waals surface area contributed by atoms with Gasteiger partial charge in [-0.2, -0.15) is 0 Å². The number of oxime groups is 1. The van der Waals surface area contributed by atoms with E-state index in [4.69, 9.17) is 19.3 Å². The fourth-order valence-electron chi connectivity index (χ4n) is 5.28. The third-order valence-corrected chi connectivity index (χ3v) is 7.44. The van der Waals surface area contributed by atoms with Crippen molar-refractivity contribution in [1.82, 2.24) is 14.5 Å². The molecule has 0 amide bonds. The van der Waals surface area contributed by atoms with Crippen molar-refractivity contribution in [1.29, 1.82) is 0 Å². The molecule has 0 spiro atoms. The highest BCUT2D eigenvalue weighted by molar-refractivity contribution is 5.98. The zero-order chi connectivity index (χ0) is 25.6. The first-order valence-electron chi connectivity index (χ1n) is 12.5. The lowest BCUT2D eigenvalue weighted by atomic mass is 9.86. The number of carbonyl (C=O) groups excluding carboxylic acids is 1. The molecule has 6 rings (SSSR count). The van der Waals surface area contributed by atoms with E-state index in [-0.39, 0.29) is 18.6 Å². The topological polar surface area (TPSA) is 115 Å². The normalized spacial score (nSPS) is 21.1. The molecule has 3 aliphatic rings. The highest BCUT2D eigenvalue weighted by atomic mass is 16.6. The standard InChI is InChI=1S/C27H28N4O6/c1-2-27(34)21-13-22-24-19(15-31(22)25(32)20(21)16-36-26(27)33)12-17-4-3-5-18(23(17)29-24)14-28-37-11-8-30-6-9-35-10-7-30/h3-5,12-14,34H,2,6-11,15-16H2,1H3/b28-14+/t27-/m0/s1. The molecule has 0 saturated carbocycles. The summed E-state index contributed by atoms with van der Waals surface area (Å²) >= 11 is 0. The Kier molecular flexibility index (Phi) is 6.02. The molecule has 0 aliphatic carbocycles. The third kappa shape index (κ3) is 4.01. The molecule has 0 bridgehead atoms. The number of aliphatic hydroxyl groups is 1. The first-order valence-corrected chi connectivity index (χ1v) is 12.5. The summed E-state index contributed by atoms with van der Waals surface area (Å²) in [6, 6.07) is 9.56. The number of fused-ring (bicyclic) bond motifs is 5. The quantitative estimate of drug-likeness (QED) is 0.183. The number of aromatic nitrogens is 2. The van der Waals surface area contributed by atoms with Crippen molar-refractivity contribution in [2.75, 3.05) is 39.5 Å². The fraction of sp³-hybridized carbons (Fsp3) is 0.407. The molecular weight excluding hydrogens is 476 g/mol. The number of morpholine rings is 1. The van der Waals surface area contributed by atoms with Gasteiger partial charge in [-0.3, -0.25) is 9.69 Å². The molecule has 3 aromatic rings. The van der Waals surface area contributed by atoms with Crippen LogP contribution in [-0.4, -0.2) is 71.2 Å².